The number of carbonyl (C=O) groups excluding carboxylic acids is 1. The lowest BCUT2D eigenvalue weighted by molar-refractivity contribution is -0.125. The van der Waals surface area contributed by atoms with Gasteiger partial charge in [0.1, 0.15) is 18.5 Å². The fourth-order valence-electron chi connectivity index (χ4n) is 3.13. The Labute approximate surface area is 139 Å². The molecular weight excluding hydrogens is 302 g/mol. The Hall–Kier alpha value is -3.02. The zero-order chi connectivity index (χ0) is 16.5. The maximum absolute atomic E-state index is 12.2. The number of hydrogen-bond donors (Lipinski definition) is 0. The second kappa shape index (κ2) is 5.88. The van der Waals surface area contributed by atoms with E-state index in [9.17, 15) is 4.79 Å². The highest BCUT2D eigenvalue weighted by atomic mass is 16.2. The second-order valence-corrected chi connectivity index (χ2v) is 5.80. The monoisotopic (exact) mass is 319 g/mol. The SMILES string of the molecule is CC(=O)N(CCCn1cncn1)C1=Nc2cccc3cccc1c23. The van der Waals surface area contributed by atoms with Crippen molar-refractivity contribution in [3.05, 3.63) is 54.6 Å². The molecule has 2 heterocycles. The molecule has 0 aliphatic carbocycles. The smallest absolute Gasteiger partial charge is 0.225 e. The number of nitrogens with zero attached hydrogens (tertiary/aromatic N) is 5. The van der Waals surface area contributed by atoms with Gasteiger partial charge in [-0.05, 0) is 17.9 Å². The van der Waals surface area contributed by atoms with Crippen LogP contribution in [0.3, 0.4) is 0 Å². The Morgan fingerprint density at radius 2 is 2.04 bits per heavy atom. The Morgan fingerprint density at radius 3 is 2.79 bits per heavy atom. The molecule has 0 unspecified atom stereocenters. The highest BCUT2D eigenvalue weighted by molar-refractivity contribution is 6.21. The van der Waals surface area contributed by atoms with Crippen LogP contribution in [0.4, 0.5) is 5.69 Å². The van der Waals surface area contributed by atoms with Crippen molar-refractivity contribution in [2.24, 2.45) is 4.99 Å². The third-order valence-electron chi connectivity index (χ3n) is 4.22. The van der Waals surface area contributed by atoms with E-state index in [0.717, 1.165) is 34.3 Å². The second-order valence-electron chi connectivity index (χ2n) is 5.80. The average Bonchev–Trinajstić information content (AvgIpc) is 3.21. The molecule has 2 aromatic carbocycles. The van der Waals surface area contributed by atoms with Gasteiger partial charge in [-0.3, -0.25) is 14.4 Å². The zero-order valence-corrected chi connectivity index (χ0v) is 13.4. The number of rotatable bonds is 4. The van der Waals surface area contributed by atoms with Crippen molar-refractivity contribution < 1.29 is 4.79 Å². The molecule has 1 amide bonds. The largest absolute Gasteiger partial charge is 0.296 e. The van der Waals surface area contributed by atoms with Crippen LogP contribution in [0.5, 0.6) is 0 Å². The van der Waals surface area contributed by atoms with Crippen LogP contribution in [0.15, 0.2) is 54.0 Å². The molecule has 0 radical (unpaired) electrons. The molecule has 0 bridgehead atoms. The van der Waals surface area contributed by atoms with E-state index < -0.39 is 0 Å². The minimum absolute atomic E-state index is 0.00264. The number of carbonyl (C=O) groups is 1. The predicted molar refractivity (Wildman–Crippen MR) is 92.2 cm³/mol. The molecule has 120 valence electrons. The minimum Gasteiger partial charge on any atom is -0.296 e. The summed E-state index contributed by atoms with van der Waals surface area (Å²) in [4.78, 5) is 22.6. The summed E-state index contributed by atoms with van der Waals surface area (Å²) < 4.78 is 1.77. The Balaban J connectivity index is 1.61. The first kappa shape index (κ1) is 14.6. The van der Waals surface area contributed by atoms with Gasteiger partial charge in [-0.2, -0.15) is 5.10 Å². The number of amidine groups is 1. The number of benzene rings is 2. The maximum atomic E-state index is 12.2. The van der Waals surface area contributed by atoms with Crippen molar-refractivity contribution >= 4 is 28.2 Å². The summed E-state index contributed by atoms with van der Waals surface area (Å²) in [6, 6.07) is 12.2. The fraction of sp³-hybridized carbons (Fsp3) is 0.222. The molecule has 6 heteroatoms. The molecule has 0 spiro atoms. The first-order valence-corrected chi connectivity index (χ1v) is 7.95. The van der Waals surface area contributed by atoms with Crippen molar-refractivity contribution in [1.29, 1.82) is 0 Å². The summed E-state index contributed by atoms with van der Waals surface area (Å²) in [6.07, 6.45) is 3.98. The Bertz CT molecular complexity index is 924. The van der Waals surface area contributed by atoms with E-state index in [1.807, 2.05) is 24.3 Å². The van der Waals surface area contributed by atoms with Gasteiger partial charge in [-0.1, -0.05) is 30.3 Å². The van der Waals surface area contributed by atoms with Gasteiger partial charge in [0.2, 0.25) is 5.91 Å². The van der Waals surface area contributed by atoms with Gasteiger partial charge in [0, 0.05) is 31.0 Å². The van der Waals surface area contributed by atoms with Gasteiger partial charge in [-0.15, -0.1) is 0 Å². The van der Waals surface area contributed by atoms with E-state index in [1.54, 1.807) is 22.8 Å². The van der Waals surface area contributed by atoms with Crippen LogP contribution in [0.1, 0.15) is 18.9 Å². The molecular formula is C18H17N5O. The number of amides is 1. The minimum atomic E-state index is -0.00264. The van der Waals surface area contributed by atoms with Crippen LogP contribution in [0.25, 0.3) is 10.8 Å². The number of aryl methyl sites for hydroxylation is 1. The molecule has 0 N–H and O–H groups in total. The van der Waals surface area contributed by atoms with Gasteiger partial charge < -0.3 is 0 Å². The molecule has 0 atom stereocenters. The first-order valence-electron chi connectivity index (χ1n) is 7.95. The van der Waals surface area contributed by atoms with Gasteiger partial charge in [0.25, 0.3) is 0 Å². The fourth-order valence-corrected chi connectivity index (χ4v) is 3.13. The lowest BCUT2D eigenvalue weighted by Crippen LogP contribution is -2.36. The number of hydrogen-bond acceptors (Lipinski definition) is 4. The summed E-state index contributed by atoms with van der Waals surface area (Å²) in [5.41, 5.74) is 1.96. The molecule has 1 aliphatic heterocycles. The third kappa shape index (κ3) is 2.46. The predicted octanol–water partition coefficient (Wildman–Crippen LogP) is 2.76. The van der Waals surface area contributed by atoms with E-state index in [1.165, 1.54) is 6.33 Å². The Morgan fingerprint density at radius 1 is 1.21 bits per heavy atom. The molecule has 6 nitrogen and oxygen atoms in total. The maximum Gasteiger partial charge on any atom is 0.225 e. The summed E-state index contributed by atoms with van der Waals surface area (Å²) in [7, 11) is 0. The van der Waals surface area contributed by atoms with Gasteiger partial charge in [0.05, 0.1) is 5.69 Å². The standard InChI is InChI=1S/C18H17N5O/c1-13(24)23(10-4-9-22-12-19-11-20-22)18-15-7-2-5-14-6-3-8-16(21-18)17(14)15/h2-3,5-8,11-12H,4,9-10H2,1H3. The lowest BCUT2D eigenvalue weighted by atomic mass is 10.0. The van der Waals surface area contributed by atoms with Crippen molar-refractivity contribution in [3.63, 3.8) is 0 Å². The van der Waals surface area contributed by atoms with Crippen LogP contribution < -0.4 is 0 Å². The highest BCUT2D eigenvalue weighted by Gasteiger charge is 2.25. The average molecular weight is 319 g/mol. The molecule has 24 heavy (non-hydrogen) atoms. The zero-order valence-electron chi connectivity index (χ0n) is 13.4. The quantitative estimate of drug-likeness (QED) is 0.743. The normalized spacial score (nSPS) is 12.5. The lowest BCUT2D eigenvalue weighted by Gasteiger charge is -2.21. The molecule has 4 rings (SSSR count). The topological polar surface area (TPSA) is 63.4 Å². The van der Waals surface area contributed by atoms with Crippen LogP contribution >= 0.6 is 0 Å². The molecule has 0 saturated carbocycles. The van der Waals surface area contributed by atoms with E-state index in [0.29, 0.717) is 13.1 Å². The number of aromatic nitrogens is 3. The van der Waals surface area contributed by atoms with Crippen LogP contribution in [-0.2, 0) is 11.3 Å². The van der Waals surface area contributed by atoms with Crippen molar-refractivity contribution in [2.75, 3.05) is 6.54 Å². The van der Waals surface area contributed by atoms with Crippen molar-refractivity contribution in [2.45, 2.75) is 19.9 Å². The van der Waals surface area contributed by atoms with Gasteiger partial charge >= 0.3 is 0 Å². The third-order valence-corrected chi connectivity index (χ3v) is 4.22. The number of aliphatic imine (C=N–C) groups is 1. The Kier molecular flexibility index (Phi) is 3.57. The van der Waals surface area contributed by atoms with Gasteiger partial charge in [-0.25, -0.2) is 9.98 Å². The molecule has 1 aromatic heterocycles. The van der Waals surface area contributed by atoms with E-state index in [4.69, 9.17) is 4.99 Å². The molecule has 3 aromatic rings. The van der Waals surface area contributed by atoms with Crippen molar-refractivity contribution in [1.82, 2.24) is 19.7 Å². The first-order chi connectivity index (χ1) is 11.7. The van der Waals surface area contributed by atoms with Gasteiger partial charge in [0.15, 0.2) is 0 Å². The summed E-state index contributed by atoms with van der Waals surface area (Å²) in [5.74, 6) is 0.741. The van der Waals surface area contributed by atoms with E-state index >= 15 is 0 Å². The molecule has 0 fully saturated rings. The van der Waals surface area contributed by atoms with Crippen molar-refractivity contribution in [3.8, 4) is 0 Å². The summed E-state index contributed by atoms with van der Waals surface area (Å²) in [6.45, 7) is 2.90. The van der Waals surface area contributed by atoms with Crippen LogP contribution in [-0.4, -0.2) is 38.0 Å². The van der Waals surface area contributed by atoms with E-state index in [2.05, 4.69) is 22.2 Å². The highest BCUT2D eigenvalue weighted by Crippen LogP contribution is 2.36. The summed E-state index contributed by atoms with van der Waals surface area (Å²) in [5, 5.41) is 6.36. The summed E-state index contributed by atoms with van der Waals surface area (Å²) >= 11 is 0. The molecule has 0 saturated heterocycles. The molecule has 1 aliphatic rings. The van der Waals surface area contributed by atoms with Crippen LogP contribution in [0, 0.1) is 0 Å². The van der Waals surface area contributed by atoms with E-state index in [-0.39, 0.29) is 5.91 Å². The van der Waals surface area contributed by atoms with Crippen LogP contribution in [0.2, 0.25) is 0 Å².